The Morgan fingerprint density at radius 1 is 1.03 bits per heavy atom. The second-order valence-corrected chi connectivity index (χ2v) is 7.96. The van der Waals surface area contributed by atoms with Crippen LogP contribution in [0.15, 0.2) is 72.9 Å². The molecule has 1 atom stereocenters. The van der Waals surface area contributed by atoms with Gasteiger partial charge in [-0.3, -0.25) is 4.79 Å². The molecule has 4 nitrogen and oxygen atoms in total. The topological polar surface area (TPSA) is 34.5 Å². The van der Waals surface area contributed by atoms with Gasteiger partial charge in [0, 0.05) is 25.0 Å². The lowest BCUT2D eigenvalue weighted by Crippen LogP contribution is -2.36. The van der Waals surface area contributed by atoms with Crippen LogP contribution in [0.1, 0.15) is 55.8 Å². The molecule has 0 unspecified atom stereocenters. The van der Waals surface area contributed by atoms with Crippen molar-refractivity contribution in [2.24, 2.45) is 0 Å². The molecule has 0 N–H and O–H groups in total. The second-order valence-electron chi connectivity index (χ2n) is 7.96. The number of unbranched alkanes of at least 4 members (excludes halogenated alkanes) is 1. The van der Waals surface area contributed by atoms with Crippen LogP contribution in [0, 0.1) is 0 Å². The van der Waals surface area contributed by atoms with Crippen molar-refractivity contribution in [2.45, 2.75) is 52.1 Å². The van der Waals surface area contributed by atoms with Crippen LogP contribution in [-0.2, 0) is 17.9 Å². The van der Waals surface area contributed by atoms with E-state index in [1.807, 2.05) is 35.2 Å². The third-order valence-electron chi connectivity index (χ3n) is 5.77. The molecule has 0 spiro atoms. The lowest BCUT2D eigenvalue weighted by Gasteiger charge is -2.28. The van der Waals surface area contributed by atoms with E-state index in [2.05, 4.69) is 61.0 Å². The van der Waals surface area contributed by atoms with Crippen LogP contribution in [0.25, 0.3) is 0 Å². The number of nitrogens with zero attached hydrogens (tertiary/aromatic N) is 2. The van der Waals surface area contributed by atoms with Crippen molar-refractivity contribution in [1.29, 1.82) is 0 Å². The van der Waals surface area contributed by atoms with Crippen molar-refractivity contribution in [2.75, 3.05) is 13.7 Å². The predicted octanol–water partition coefficient (Wildman–Crippen LogP) is 5.87. The first-order valence-corrected chi connectivity index (χ1v) is 11.3. The van der Waals surface area contributed by atoms with E-state index in [-0.39, 0.29) is 11.8 Å². The zero-order chi connectivity index (χ0) is 22.1. The summed E-state index contributed by atoms with van der Waals surface area (Å²) in [5.74, 6) is 0.982. The summed E-state index contributed by atoms with van der Waals surface area (Å²) in [7, 11) is 1.69. The Labute approximate surface area is 186 Å². The molecule has 0 saturated carbocycles. The number of aromatic nitrogens is 1. The van der Waals surface area contributed by atoms with Gasteiger partial charge in [-0.2, -0.15) is 0 Å². The molecule has 1 heterocycles. The Bertz CT molecular complexity index is 949. The standard InChI is InChI=1S/C27H34N2O2/c1-4-6-17-29(27(30)26(5-2)23-13-8-7-9-14-23)21-24-15-11-18-28(24)20-22-12-10-16-25(19-22)31-3/h7-16,18-19,26H,4-6,17,20-21H2,1-3H3/t26-/m0/s1. The first kappa shape index (κ1) is 22.7. The van der Waals surface area contributed by atoms with Gasteiger partial charge in [-0.05, 0) is 48.2 Å². The van der Waals surface area contributed by atoms with Crippen molar-refractivity contribution in [3.63, 3.8) is 0 Å². The van der Waals surface area contributed by atoms with E-state index in [1.54, 1.807) is 7.11 Å². The Kier molecular flexibility index (Phi) is 8.34. The molecule has 1 aromatic heterocycles. The number of carbonyl (C=O) groups is 1. The van der Waals surface area contributed by atoms with Crippen molar-refractivity contribution >= 4 is 5.91 Å². The molecule has 0 aliphatic rings. The number of benzene rings is 2. The Morgan fingerprint density at radius 3 is 2.55 bits per heavy atom. The quantitative estimate of drug-likeness (QED) is 0.390. The smallest absolute Gasteiger partial charge is 0.230 e. The maximum absolute atomic E-state index is 13.6. The third kappa shape index (κ3) is 6.00. The third-order valence-corrected chi connectivity index (χ3v) is 5.77. The summed E-state index contributed by atoms with van der Waals surface area (Å²) >= 11 is 0. The van der Waals surface area contributed by atoms with Crippen LogP contribution in [0.4, 0.5) is 0 Å². The minimum absolute atomic E-state index is 0.0974. The Hall–Kier alpha value is -3.01. The normalized spacial score (nSPS) is 11.8. The molecule has 2 aromatic carbocycles. The minimum atomic E-state index is -0.0974. The molecule has 3 rings (SSSR count). The highest BCUT2D eigenvalue weighted by Gasteiger charge is 2.25. The summed E-state index contributed by atoms with van der Waals surface area (Å²) in [6.07, 6.45) is 4.96. The second kappa shape index (κ2) is 11.4. The Balaban J connectivity index is 1.80. The van der Waals surface area contributed by atoms with E-state index in [4.69, 9.17) is 4.74 Å². The number of rotatable bonds is 11. The van der Waals surface area contributed by atoms with Crippen molar-refractivity contribution < 1.29 is 9.53 Å². The molecule has 0 saturated heterocycles. The molecule has 4 heteroatoms. The largest absolute Gasteiger partial charge is 0.497 e. The van der Waals surface area contributed by atoms with Crippen molar-refractivity contribution in [3.05, 3.63) is 89.7 Å². The van der Waals surface area contributed by atoms with Crippen LogP contribution in [0.5, 0.6) is 5.75 Å². The lowest BCUT2D eigenvalue weighted by atomic mass is 9.95. The van der Waals surface area contributed by atoms with E-state index in [0.717, 1.165) is 49.4 Å². The van der Waals surface area contributed by atoms with E-state index in [9.17, 15) is 4.79 Å². The van der Waals surface area contributed by atoms with Gasteiger partial charge in [0.05, 0.1) is 19.6 Å². The number of ether oxygens (including phenoxy) is 1. The van der Waals surface area contributed by atoms with Gasteiger partial charge in [0.2, 0.25) is 5.91 Å². The highest BCUT2D eigenvalue weighted by atomic mass is 16.5. The van der Waals surface area contributed by atoms with Crippen LogP contribution in [-0.4, -0.2) is 29.0 Å². The Morgan fingerprint density at radius 2 is 1.84 bits per heavy atom. The zero-order valence-corrected chi connectivity index (χ0v) is 19.0. The lowest BCUT2D eigenvalue weighted by molar-refractivity contribution is -0.133. The van der Waals surface area contributed by atoms with E-state index >= 15 is 0 Å². The maximum atomic E-state index is 13.6. The van der Waals surface area contributed by atoms with Crippen LogP contribution < -0.4 is 4.74 Å². The van der Waals surface area contributed by atoms with Gasteiger partial charge in [-0.25, -0.2) is 0 Å². The molecular formula is C27H34N2O2. The van der Waals surface area contributed by atoms with E-state index < -0.39 is 0 Å². The monoisotopic (exact) mass is 418 g/mol. The van der Waals surface area contributed by atoms with E-state index in [0.29, 0.717) is 6.54 Å². The van der Waals surface area contributed by atoms with Crippen LogP contribution in [0.3, 0.4) is 0 Å². The molecule has 0 aliphatic carbocycles. The number of methoxy groups -OCH3 is 1. The fourth-order valence-corrected chi connectivity index (χ4v) is 3.99. The zero-order valence-electron chi connectivity index (χ0n) is 19.0. The molecule has 31 heavy (non-hydrogen) atoms. The van der Waals surface area contributed by atoms with E-state index in [1.165, 1.54) is 5.56 Å². The highest BCUT2D eigenvalue weighted by Crippen LogP contribution is 2.24. The van der Waals surface area contributed by atoms with Gasteiger partial charge in [-0.1, -0.05) is 62.7 Å². The molecule has 1 amide bonds. The number of carbonyl (C=O) groups excluding carboxylic acids is 1. The molecule has 3 aromatic rings. The first-order valence-electron chi connectivity index (χ1n) is 11.3. The number of amides is 1. The SMILES string of the molecule is CCCCN(Cc1cccn1Cc1cccc(OC)c1)C(=O)[C@@H](CC)c1ccccc1. The number of hydrogen-bond acceptors (Lipinski definition) is 2. The molecule has 164 valence electrons. The van der Waals surface area contributed by atoms with Gasteiger partial charge >= 0.3 is 0 Å². The maximum Gasteiger partial charge on any atom is 0.230 e. The average molecular weight is 419 g/mol. The van der Waals surface area contributed by atoms with Crippen molar-refractivity contribution in [1.82, 2.24) is 9.47 Å². The highest BCUT2D eigenvalue weighted by molar-refractivity contribution is 5.83. The van der Waals surface area contributed by atoms with Gasteiger partial charge < -0.3 is 14.2 Å². The fourth-order valence-electron chi connectivity index (χ4n) is 3.99. The average Bonchev–Trinajstić information content (AvgIpc) is 3.24. The molecule has 0 fully saturated rings. The number of hydrogen-bond donors (Lipinski definition) is 0. The first-order chi connectivity index (χ1) is 15.2. The predicted molar refractivity (Wildman–Crippen MR) is 126 cm³/mol. The summed E-state index contributed by atoms with van der Waals surface area (Å²) in [6, 6.07) is 22.5. The van der Waals surface area contributed by atoms with Gasteiger partial charge in [0.15, 0.2) is 0 Å². The summed E-state index contributed by atoms with van der Waals surface area (Å²) in [5, 5.41) is 0. The van der Waals surface area contributed by atoms with Gasteiger partial charge in [0.25, 0.3) is 0 Å². The summed E-state index contributed by atoms with van der Waals surface area (Å²) in [4.78, 5) is 15.6. The minimum Gasteiger partial charge on any atom is -0.497 e. The molecule has 0 aliphatic heterocycles. The van der Waals surface area contributed by atoms with Crippen molar-refractivity contribution in [3.8, 4) is 5.75 Å². The van der Waals surface area contributed by atoms with Crippen LogP contribution >= 0.6 is 0 Å². The molecule has 0 radical (unpaired) electrons. The van der Waals surface area contributed by atoms with Crippen LogP contribution in [0.2, 0.25) is 0 Å². The molecular weight excluding hydrogens is 384 g/mol. The molecule has 0 bridgehead atoms. The summed E-state index contributed by atoms with van der Waals surface area (Å²) in [6.45, 7) is 6.43. The summed E-state index contributed by atoms with van der Waals surface area (Å²) < 4.78 is 7.59. The fraction of sp³-hybridized carbons (Fsp3) is 0.370. The van der Waals surface area contributed by atoms with Gasteiger partial charge in [0.1, 0.15) is 5.75 Å². The summed E-state index contributed by atoms with van der Waals surface area (Å²) in [5.41, 5.74) is 3.43. The van der Waals surface area contributed by atoms with Gasteiger partial charge in [-0.15, -0.1) is 0 Å².